The molecule has 22 rings (SSSR count). The topological polar surface area (TPSA) is 93.1 Å². The quantitative estimate of drug-likeness (QED) is 0.144. The molecule has 6 aromatic heterocycles. The fourth-order valence-corrected chi connectivity index (χ4v) is 17.2. The number of aromatic nitrogens is 6. The van der Waals surface area contributed by atoms with Crippen LogP contribution in [0.1, 0.15) is 11.1 Å². The summed E-state index contributed by atoms with van der Waals surface area (Å²) in [5.41, 5.74) is 26.7. The Balaban J connectivity index is 0.000000140. The Morgan fingerprint density at radius 2 is 0.645 bits per heavy atom. The monoisotopic (exact) mass is 1400 g/mol. The molecule has 0 atom stereocenters. The Bertz CT molecular complexity index is 7590. The van der Waals surface area contributed by atoms with E-state index in [1.165, 1.54) is 98.2 Å². The summed E-state index contributed by atoms with van der Waals surface area (Å²) in [6, 6.07) is 138. The molecule has 0 bridgehead atoms. The zero-order valence-electron chi connectivity index (χ0n) is 59.4. The molecule has 0 aliphatic carbocycles. The Hall–Kier alpha value is -15.2. The van der Waals surface area contributed by atoms with E-state index in [0.717, 1.165) is 100 Å². The highest BCUT2D eigenvalue weighted by Crippen LogP contribution is 2.46. The van der Waals surface area contributed by atoms with Gasteiger partial charge in [-0.3, -0.25) is 0 Å². The van der Waals surface area contributed by atoms with E-state index in [0.29, 0.717) is 11.1 Å². The van der Waals surface area contributed by atoms with Crippen molar-refractivity contribution in [3.05, 3.63) is 387 Å². The van der Waals surface area contributed by atoms with Gasteiger partial charge in [-0.25, -0.2) is 9.97 Å². The maximum absolute atomic E-state index is 10.5. The van der Waals surface area contributed by atoms with Gasteiger partial charge in [-0.15, -0.1) is 0 Å². The van der Waals surface area contributed by atoms with Crippen LogP contribution in [-0.2, 0) is 0 Å². The SMILES string of the molecule is N#Cc1c(-c2ccccc2)c(-c2ccc(-n3c4ccccc4c4c(-c5ccc6c7ccccc7n(-c7ccccc7)c6c5)cccc43)cc2)nc2ccccc12.N#Cc1cc(-c2ccc(-n3c4ccccc4c4c(-c5ccc6c7ccccc7n(-c7ccc8ccccc8c7)c6c5)cccc43)cc2)nc2ccccc12. The molecule has 0 aliphatic rings. The molecular weight excluding hydrogens is 1340 g/mol. The average molecular weight is 1400 g/mol. The first-order valence-corrected chi connectivity index (χ1v) is 37.1. The Kier molecular flexibility index (Phi) is 14.9. The normalized spacial score (nSPS) is 11.6. The fraction of sp³-hybridized carbons (Fsp3) is 0. The van der Waals surface area contributed by atoms with Gasteiger partial charge in [-0.1, -0.05) is 261 Å². The lowest BCUT2D eigenvalue weighted by atomic mass is 9.92. The van der Waals surface area contributed by atoms with Gasteiger partial charge < -0.3 is 18.3 Å². The van der Waals surface area contributed by atoms with Crippen LogP contribution in [0.15, 0.2) is 376 Å². The number of rotatable bonds is 9. The Morgan fingerprint density at radius 3 is 1.21 bits per heavy atom. The van der Waals surface area contributed by atoms with Crippen LogP contribution in [0.3, 0.4) is 0 Å². The fourth-order valence-electron chi connectivity index (χ4n) is 17.2. The molecule has 0 unspecified atom stereocenters. The minimum atomic E-state index is 0.630. The van der Waals surface area contributed by atoms with Gasteiger partial charge in [-0.2, -0.15) is 10.5 Å². The van der Waals surface area contributed by atoms with Crippen LogP contribution in [0.5, 0.6) is 0 Å². The maximum atomic E-state index is 10.5. The number of fused-ring (bicyclic) bond motifs is 15. The number of nitrogens with zero attached hydrogens (tertiary/aromatic N) is 8. The molecule has 0 N–H and O–H groups in total. The van der Waals surface area contributed by atoms with E-state index >= 15 is 0 Å². The second kappa shape index (κ2) is 25.8. The number of hydrogen-bond acceptors (Lipinski definition) is 4. The van der Waals surface area contributed by atoms with E-state index in [1.54, 1.807) is 0 Å². The third-order valence-corrected chi connectivity index (χ3v) is 22.1. The van der Waals surface area contributed by atoms with Crippen molar-refractivity contribution >= 4 is 120 Å². The van der Waals surface area contributed by atoms with Crippen molar-refractivity contribution in [2.75, 3.05) is 0 Å². The van der Waals surface area contributed by atoms with Crippen LogP contribution >= 0.6 is 0 Å². The molecule has 0 amide bonds. The van der Waals surface area contributed by atoms with Crippen molar-refractivity contribution < 1.29 is 0 Å². The van der Waals surface area contributed by atoms with Crippen LogP contribution < -0.4 is 0 Å². The van der Waals surface area contributed by atoms with Crippen molar-refractivity contribution in [3.8, 4) is 90.8 Å². The molecule has 0 spiro atoms. The first-order chi connectivity index (χ1) is 54.5. The summed E-state index contributed by atoms with van der Waals surface area (Å²) in [4.78, 5) is 10.1. The van der Waals surface area contributed by atoms with E-state index < -0.39 is 0 Å². The molecule has 6 heterocycles. The van der Waals surface area contributed by atoms with Crippen molar-refractivity contribution in [2.45, 2.75) is 0 Å². The lowest BCUT2D eigenvalue weighted by molar-refractivity contribution is 1.18. The zero-order valence-corrected chi connectivity index (χ0v) is 59.4. The summed E-state index contributed by atoms with van der Waals surface area (Å²) in [7, 11) is 0. The van der Waals surface area contributed by atoms with Crippen molar-refractivity contribution in [1.29, 1.82) is 10.5 Å². The van der Waals surface area contributed by atoms with Crippen LogP contribution in [0.2, 0.25) is 0 Å². The van der Waals surface area contributed by atoms with Gasteiger partial charge in [-0.05, 0) is 154 Å². The molecule has 0 saturated carbocycles. The molecule has 22 aromatic rings. The van der Waals surface area contributed by atoms with Crippen molar-refractivity contribution in [1.82, 2.24) is 28.2 Å². The van der Waals surface area contributed by atoms with E-state index in [-0.39, 0.29) is 0 Å². The minimum absolute atomic E-state index is 0.630. The molecular formula is C102H62N8. The molecule has 8 nitrogen and oxygen atoms in total. The van der Waals surface area contributed by atoms with E-state index in [4.69, 9.17) is 9.97 Å². The zero-order chi connectivity index (χ0) is 72.9. The van der Waals surface area contributed by atoms with Gasteiger partial charge in [0.1, 0.15) is 6.07 Å². The largest absolute Gasteiger partial charge is 0.309 e. The average Bonchev–Trinajstić information content (AvgIpc) is 1.56. The molecule has 0 fully saturated rings. The first kappa shape index (κ1) is 63.3. The number of hydrogen-bond donors (Lipinski definition) is 0. The molecule has 0 aliphatic heterocycles. The maximum Gasteiger partial charge on any atom is 0.101 e. The van der Waals surface area contributed by atoms with Crippen LogP contribution in [0.25, 0.3) is 198 Å². The third kappa shape index (κ3) is 10.2. The van der Waals surface area contributed by atoms with Crippen molar-refractivity contribution in [2.24, 2.45) is 0 Å². The van der Waals surface area contributed by atoms with Crippen LogP contribution in [-0.4, -0.2) is 28.2 Å². The summed E-state index contributed by atoms with van der Waals surface area (Å²) in [6.45, 7) is 0. The second-order valence-corrected chi connectivity index (χ2v) is 28.1. The number of nitriles is 2. The lowest BCUT2D eigenvalue weighted by Crippen LogP contribution is -1.97. The van der Waals surface area contributed by atoms with Gasteiger partial charge in [0.15, 0.2) is 0 Å². The summed E-state index contributed by atoms with van der Waals surface area (Å²) in [6.07, 6.45) is 0. The summed E-state index contributed by atoms with van der Waals surface area (Å²) < 4.78 is 9.52. The number of para-hydroxylation sites is 7. The van der Waals surface area contributed by atoms with Gasteiger partial charge in [0.05, 0.1) is 83.8 Å². The Morgan fingerprint density at radius 1 is 0.236 bits per heavy atom. The summed E-state index contributed by atoms with van der Waals surface area (Å²) >= 11 is 0. The molecule has 110 heavy (non-hydrogen) atoms. The van der Waals surface area contributed by atoms with Crippen LogP contribution in [0, 0.1) is 22.7 Å². The summed E-state index contributed by atoms with van der Waals surface area (Å²) in [5, 5.41) is 34.4. The second-order valence-electron chi connectivity index (χ2n) is 28.1. The van der Waals surface area contributed by atoms with Gasteiger partial charge in [0.25, 0.3) is 0 Å². The summed E-state index contributed by atoms with van der Waals surface area (Å²) in [5.74, 6) is 0. The van der Waals surface area contributed by atoms with E-state index in [9.17, 15) is 10.5 Å². The highest BCUT2D eigenvalue weighted by molar-refractivity contribution is 6.19. The number of pyridine rings is 2. The molecule has 0 saturated heterocycles. The third-order valence-electron chi connectivity index (χ3n) is 22.1. The van der Waals surface area contributed by atoms with Crippen molar-refractivity contribution in [3.63, 3.8) is 0 Å². The number of benzene rings is 16. The van der Waals surface area contributed by atoms with E-state index in [1.807, 2.05) is 72.8 Å². The standard InChI is InChI=1S/C52H32N4.C50H30N4/c53-33-44-40-18-7-10-22-45(40)54-52(50(44)34-14-3-1-4-15-34)35-26-29-38(30-27-35)55-47-24-12-9-20-43(47)51-39(21-13-25-48(51)55)36-28-31-42-41-19-8-11-23-46(41)56(49(42)32-36)37-16-5-2-6-17-37;51-31-36-29-45(52-44-16-6-3-12-39(36)44)33-21-24-37(25-22-33)53-47-18-8-5-14-43(47)50-40(15-9-19-48(50)53)35-23-27-42-41-13-4-7-17-46(41)54(49(42)30-35)38-26-20-32-10-1-2-11-34(32)28-38/h1-32H;1-30H. The molecule has 16 aromatic carbocycles. The van der Waals surface area contributed by atoms with Gasteiger partial charge in [0.2, 0.25) is 0 Å². The predicted molar refractivity (Wildman–Crippen MR) is 455 cm³/mol. The van der Waals surface area contributed by atoms with Crippen LogP contribution in [0.4, 0.5) is 0 Å². The predicted octanol–water partition coefficient (Wildman–Crippen LogP) is 26.1. The first-order valence-electron chi connectivity index (χ1n) is 37.1. The Labute approximate surface area is 632 Å². The van der Waals surface area contributed by atoms with Gasteiger partial charge >= 0.3 is 0 Å². The molecule has 8 heteroatoms. The highest BCUT2D eigenvalue weighted by atomic mass is 15.0. The minimum Gasteiger partial charge on any atom is -0.309 e. The smallest absolute Gasteiger partial charge is 0.101 e. The molecule has 0 radical (unpaired) electrons. The highest BCUT2D eigenvalue weighted by Gasteiger charge is 2.24. The molecule has 510 valence electrons. The van der Waals surface area contributed by atoms with E-state index in [2.05, 4.69) is 334 Å². The lowest BCUT2D eigenvalue weighted by Gasteiger charge is -2.15. The van der Waals surface area contributed by atoms with Gasteiger partial charge in [0, 0.05) is 93.3 Å².